The summed E-state index contributed by atoms with van der Waals surface area (Å²) in [6.07, 6.45) is 2.11. The molecule has 1 aromatic rings. The third-order valence-corrected chi connectivity index (χ3v) is 6.03. The number of nitrogens with zero attached hydrogens (tertiary/aromatic N) is 1. The molecular weight excluding hydrogens is 258 g/mol. The number of benzene rings is 1. The standard InChI is InChI=1S/C18H27N3/c1-17-9-18(2)12-20(10-17)16(21(11-17)13-18)14-5-7-15(8-6-14)19(3)4/h5-8,16H,9-13H2,1-4H3/p+2. The van der Waals surface area contributed by atoms with Gasteiger partial charge in [-0.1, -0.05) is 0 Å². The minimum Gasteiger partial charge on any atom is -0.378 e. The van der Waals surface area contributed by atoms with Crippen molar-refractivity contribution in [1.82, 2.24) is 0 Å². The van der Waals surface area contributed by atoms with Crippen molar-refractivity contribution in [2.45, 2.75) is 26.4 Å². The van der Waals surface area contributed by atoms with Gasteiger partial charge in [-0.3, -0.25) is 9.80 Å². The van der Waals surface area contributed by atoms with E-state index in [2.05, 4.69) is 57.1 Å². The van der Waals surface area contributed by atoms with Crippen molar-refractivity contribution in [2.75, 3.05) is 45.2 Å². The van der Waals surface area contributed by atoms with Gasteiger partial charge in [0.05, 0.1) is 42.6 Å². The molecule has 0 atom stereocenters. The maximum absolute atomic E-state index is 2.52. The van der Waals surface area contributed by atoms with E-state index >= 15 is 0 Å². The maximum Gasteiger partial charge on any atom is 0.240 e. The molecule has 2 N–H and O–H groups in total. The maximum atomic E-state index is 2.52. The smallest absolute Gasteiger partial charge is 0.240 e. The molecule has 114 valence electrons. The third kappa shape index (κ3) is 2.09. The van der Waals surface area contributed by atoms with Crippen molar-refractivity contribution in [1.29, 1.82) is 0 Å². The molecule has 4 saturated heterocycles. The van der Waals surface area contributed by atoms with Crippen molar-refractivity contribution >= 4 is 5.69 Å². The minimum absolute atomic E-state index is 0.579. The average Bonchev–Trinajstić information content (AvgIpc) is 2.35. The van der Waals surface area contributed by atoms with E-state index in [-0.39, 0.29) is 0 Å². The molecule has 21 heavy (non-hydrogen) atoms. The molecule has 4 aliphatic rings. The van der Waals surface area contributed by atoms with Gasteiger partial charge in [0.2, 0.25) is 6.17 Å². The van der Waals surface area contributed by atoms with Gasteiger partial charge in [-0.05, 0) is 44.5 Å². The summed E-state index contributed by atoms with van der Waals surface area (Å²) in [5.41, 5.74) is 4.00. The molecule has 4 aliphatic heterocycles. The van der Waals surface area contributed by atoms with Crippen LogP contribution in [0.15, 0.2) is 24.3 Å². The summed E-state index contributed by atoms with van der Waals surface area (Å²) in [4.78, 5) is 5.84. The van der Waals surface area contributed by atoms with Gasteiger partial charge in [-0.25, -0.2) is 0 Å². The molecule has 0 spiro atoms. The fraction of sp³-hybridized carbons (Fsp3) is 0.667. The van der Waals surface area contributed by atoms with Gasteiger partial charge >= 0.3 is 0 Å². The highest BCUT2D eigenvalue weighted by Crippen LogP contribution is 2.39. The summed E-state index contributed by atoms with van der Waals surface area (Å²) >= 11 is 0. The molecule has 0 saturated carbocycles. The van der Waals surface area contributed by atoms with Crippen LogP contribution in [0, 0.1) is 10.8 Å². The first-order chi connectivity index (χ1) is 9.88. The van der Waals surface area contributed by atoms with Crippen molar-refractivity contribution in [3.05, 3.63) is 29.8 Å². The molecular formula is C18H29N3+2. The zero-order chi connectivity index (χ0) is 14.8. The van der Waals surface area contributed by atoms with E-state index < -0.39 is 0 Å². The van der Waals surface area contributed by atoms with E-state index in [9.17, 15) is 0 Å². The van der Waals surface area contributed by atoms with Crippen molar-refractivity contribution < 1.29 is 9.80 Å². The number of hydrogen-bond donors (Lipinski definition) is 2. The lowest BCUT2D eigenvalue weighted by molar-refractivity contribution is -1.18. The highest BCUT2D eigenvalue weighted by atomic mass is 15.4. The van der Waals surface area contributed by atoms with Crippen LogP contribution in [0.1, 0.15) is 32.0 Å². The number of rotatable bonds is 2. The fourth-order valence-electron chi connectivity index (χ4n) is 5.86. The van der Waals surface area contributed by atoms with E-state index in [1.54, 1.807) is 0 Å². The molecule has 3 heteroatoms. The second kappa shape index (κ2) is 4.23. The SMILES string of the molecule is CN(C)c1ccc(C2[NH+]3CC4(C)C[NH+]2CC(C)(C3)C4)cc1. The van der Waals surface area contributed by atoms with Crippen LogP contribution in [-0.2, 0) is 0 Å². The van der Waals surface area contributed by atoms with Crippen molar-refractivity contribution in [3.8, 4) is 0 Å². The van der Waals surface area contributed by atoms with Gasteiger partial charge in [0.25, 0.3) is 0 Å². The lowest BCUT2D eigenvalue weighted by atomic mass is 9.63. The van der Waals surface area contributed by atoms with Gasteiger partial charge in [0.15, 0.2) is 0 Å². The highest BCUT2D eigenvalue weighted by Gasteiger charge is 2.62. The molecule has 0 radical (unpaired) electrons. The van der Waals surface area contributed by atoms with Crippen LogP contribution in [0.25, 0.3) is 0 Å². The third-order valence-electron chi connectivity index (χ3n) is 6.03. The predicted octanol–water partition coefficient (Wildman–Crippen LogP) is -0.0355. The summed E-state index contributed by atoms with van der Waals surface area (Å²) in [6.45, 7) is 10.5. The quantitative estimate of drug-likeness (QED) is 0.778. The normalized spacial score (nSPS) is 44.1. The highest BCUT2D eigenvalue weighted by molar-refractivity contribution is 5.46. The molecule has 0 aliphatic carbocycles. The van der Waals surface area contributed by atoms with Crippen LogP contribution in [0.4, 0.5) is 5.69 Å². The Hall–Kier alpha value is -1.06. The first-order valence-electron chi connectivity index (χ1n) is 8.34. The summed E-state index contributed by atoms with van der Waals surface area (Å²) in [6, 6.07) is 9.30. The van der Waals surface area contributed by atoms with Crippen LogP contribution < -0.4 is 14.7 Å². The van der Waals surface area contributed by atoms with Gasteiger partial charge < -0.3 is 4.90 Å². The Morgan fingerprint density at radius 2 is 1.38 bits per heavy atom. The molecule has 4 fully saturated rings. The van der Waals surface area contributed by atoms with Crippen molar-refractivity contribution in [3.63, 3.8) is 0 Å². The summed E-state index contributed by atoms with van der Waals surface area (Å²) in [7, 11) is 4.23. The first-order valence-corrected chi connectivity index (χ1v) is 8.34. The number of anilines is 1. The van der Waals surface area contributed by atoms with Gasteiger partial charge in [0.1, 0.15) is 0 Å². The van der Waals surface area contributed by atoms with E-state index in [0.717, 1.165) is 0 Å². The topological polar surface area (TPSA) is 12.1 Å². The largest absolute Gasteiger partial charge is 0.378 e. The molecule has 1 aromatic carbocycles. The first kappa shape index (κ1) is 13.6. The Morgan fingerprint density at radius 1 is 0.905 bits per heavy atom. The number of hydrogen-bond acceptors (Lipinski definition) is 1. The Kier molecular flexibility index (Phi) is 2.74. The summed E-state index contributed by atoms with van der Waals surface area (Å²) < 4.78 is 0. The van der Waals surface area contributed by atoms with Crippen molar-refractivity contribution in [2.24, 2.45) is 10.8 Å². The lowest BCUT2D eigenvalue weighted by Gasteiger charge is -2.60. The molecule has 4 bridgehead atoms. The molecule has 0 amide bonds. The van der Waals surface area contributed by atoms with E-state index in [0.29, 0.717) is 17.0 Å². The van der Waals surface area contributed by atoms with E-state index in [1.165, 1.54) is 43.9 Å². The monoisotopic (exact) mass is 287 g/mol. The Bertz CT molecular complexity index is 512. The van der Waals surface area contributed by atoms with Gasteiger partial charge in [-0.2, -0.15) is 0 Å². The van der Waals surface area contributed by atoms with Crippen LogP contribution >= 0.6 is 0 Å². The predicted molar refractivity (Wildman–Crippen MR) is 85.7 cm³/mol. The lowest BCUT2D eigenvalue weighted by Crippen LogP contribution is -3.40. The summed E-state index contributed by atoms with van der Waals surface area (Å²) in [5.74, 6) is 0. The van der Waals surface area contributed by atoms with Crippen LogP contribution in [-0.4, -0.2) is 40.3 Å². The zero-order valence-corrected chi connectivity index (χ0v) is 13.9. The average molecular weight is 287 g/mol. The second-order valence-electron chi connectivity index (χ2n) is 8.74. The Morgan fingerprint density at radius 3 is 1.81 bits per heavy atom. The number of nitrogens with one attached hydrogen (secondary N) is 2. The Labute approximate surface area is 128 Å². The summed E-state index contributed by atoms with van der Waals surface area (Å²) in [5, 5.41) is 0. The zero-order valence-electron chi connectivity index (χ0n) is 13.9. The molecule has 4 heterocycles. The molecule has 3 nitrogen and oxygen atoms in total. The second-order valence-corrected chi connectivity index (χ2v) is 8.74. The van der Waals surface area contributed by atoms with Crippen LogP contribution in [0.2, 0.25) is 0 Å². The van der Waals surface area contributed by atoms with Gasteiger partial charge in [-0.15, -0.1) is 0 Å². The molecule has 0 unspecified atom stereocenters. The van der Waals surface area contributed by atoms with Crippen LogP contribution in [0.5, 0.6) is 0 Å². The van der Waals surface area contributed by atoms with Crippen LogP contribution in [0.3, 0.4) is 0 Å². The molecule has 5 rings (SSSR count). The number of piperidine rings is 2. The Balaban J connectivity index is 1.65. The number of quaternary nitrogens is 2. The fourth-order valence-corrected chi connectivity index (χ4v) is 5.86. The van der Waals surface area contributed by atoms with E-state index in [1.807, 2.05) is 9.80 Å². The molecule has 0 aromatic heterocycles. The van der Waals surface area contributed by atoms with E-state index in [4.69, 9.17) is 0 Å². The minimum atomic E-state index is 0.579. The van der Waals surface area contributed by atoms with Gasteiger partial charge in [0, 0.05) is 19.8 Å².